The second kappa shape index (κ2) is 9.39. The maximum Gasteiger partial charge on any atom is 0.255 e. The van der Waals surface area contributed by atoms with Crippen molar-refractivity contribution in [1.82, 2.24) is 9.21 Å². The van der Waals surface area contributed by atoms with E-state index >= 15 is 0 Å². The third kappa shape index (κ3) is 5.35. The van der Waals surface area contributed by atoms with Crippen molar-refractivity contribution in [3.05, 3.63) is 54.1 Å². The molecule has 1 aliphatic rings. The van der Waals surface area contributed by atoms with E-state index in [1.807, 2.05) is 20.0 Å². The number of hydrogen-bond donors (Lipinski definition) is 1. The van der Waals surface area contributed by atoms with Crippen molar-refractivity contribution < 1.29 is 17.9 Å². The lowest BCUT2D eigenvalue weighted by molar-refractivity contribution is 0.102. The molecule has 0 aromatic heterocycles. The Bertz CT molecular complexity index is 937. The average Bonchev–Trinajstić information content (AvgIpc) is 2.73. The Balaban J connectivity index is 1.67. The van der Waals surface area contributed by atoms with Crippen LogP contribution in [0, 0.1) is 0 Å². The van der Waals surface area contributed by atoms with Gasteiger partial charge in [-0.05, 0) is 55.9 Å². The molecule has 0 atom stereocenters. The van der Waals surface area contributed by atoms with Crippen LogP contribution in [0.3, 0.4) is 0 Å². The lowest BCUT2D eigenvalue weighted by atomic mass is 10.2. The summed E-state index contributed by atoms with van der Waals surface area (Å²) in [5.41, 5.74) is 1.01. The molecule has 0 unspecified atom stereocenters. The van der Waals surface area contributed by atoms with Crippen molar-refractivity contribution in [2.45, 2.75) is 18.2 Å². The SMILES string of the molecule is CCCOc1cccc(C(=O)Nc2ccc(S(=O)(=O)N3CCN(C)CC3)cc2)c1. The highest BCUT2D eigenvalue weighted by Crippen LogP contribution is 2.21. The molecule has 8 heteroatoms. The van der Waals surface area contributed by atoms with Gasteiger partial charge < -0.3 is 15.0 Å². The zero-order valence-electron chi connectivity index (χ0n) is 16.8. The molecule has 2 aromatic rings. The number of carbonyl (C=O) groups is 1. The Morgan fingerprint density at radius 2 is 1.76 bits per heavy atom. The van der Waals surface area contributed by atoms with Crippen molar-refractivity contribution >= 4 is 21.6 Å². The number of nitrogens with one attached hydrogen (secondary N) is 1. The number of sulfonamides is 1. The monoisotopic (exact) mass is 417 g/mol. The van der Waals surface area contributed by atoms with E-state index in [9.17, 15) is 13.2 Å². The summed E-state index contributed by atoms with van der Waals surface area (Å²) in [6.07, 6.45) is 0.889. The molecule has 7 nitrogen and oxygen atoms in total. The molecule has 1 amide bonds. The van der Waals surface area contributed by atoms with Crippen LogP contribution in [-0.2, 0) is 10.0 Å². The first kappa shape index (κ1) is 21.3. The summed E-state index contributed by atoms with van der Waals surface area (Å²) in [6, 6.07) is 13.3. The van der Waals surface area contributed by atoms with E-state index in [4.69, 9.17) is 4.74 Å². The van der Waals surface area contributed by atoms with Crippen molar-refractivity contribution in [2.24, 2.45) is 0 Å². The number of hydrogen-bond acceptors (Lipinski definition) is 5. The minimum atomic E-state index is -3.52. The minimum Gasteiger partial charge on any atom is -0.494 e. The van der Waals surface area contributed by atoms with Crippen LogP contribution >= 0.6 is 0 Å². The zero-order valence-corrected chi connectivity index (χ0v) is 17.6. The fourth-order valence-corrected chi connectivity index (χ4v) is 4.46. The Morgan fingerprint density at radius 1 is 1.07 bits per heavy atom. The molecule has 1 fully saturated rings. The van der Waals surface area contributed by atoms with Crippen molar-refractivity contribution in [2.75, 3.05) is 45.2 Å². The van der Waals surface area contributed by atoms with E-state index in [0.717, 1.165) is 6.42 Å². The van der Waals surface area contributed by atoms with E-state index in [2.05, 4.69) is 10.2 Å². The Morgan fingerprint density at radius 3 is 2.41 bits per heavy atom. The molecule has 1 N–H and O–H groups in total. The molecule has 1 aliphatic heterocycles. The van der Waals surface area contributed by atoms with Gasteiger partial charge in [0.2, 0.25) is 10.0 Å². The quantitative estimate of drug-likeness (QED) is 0.749. The number of anilines is 1. The molecule has 3 rings (SSSR count). The number of benzene rings is 2. The van der Waals surface area contributed by atoms with Gasteiger partial charge in [-0.1, -0.05) is 13.0 Å². The second-order valence-electron chi connectivity index (χ2n) is 7.06. The lowest BCUT2D eigenvalue weighted by Crippen LogP contribution is -2.46. The largest absolute Gasteiger partial charge is 0.494 e. The molecular weight excluding hydrogens is 390 g/mol. The van der Waals surface area contributed by atoms with Gasteiger partial charge in [-0.15, -0.1) is 0 Å². The third-order valence-electron chi connectivity index (χ3n) is 4.78. The highest BCUT2D eigenvalue weighted by Gasteiger charge is 2.27. The number of rotatable bonds is 7. The van der Waals surface area contributed by atoms with Gasteiger partial charge in [0.1, 0.15) is 5.75 Å². The van der Waals surface area contributed by atoms with Crippen LogP contribution in [0.15, 0.2) is 53.4 Å². The van der Waals surface area contributed by atoms with Crippen molar-refractivity contribution in [3.63, 3.8) is 0 Å². The summed E-state index contributed by atoms with van der Waals surface area (Å²) in [4.78, 5) is 14.8. The zero-order chi connectivity index (χ0) is 20.9. The maximum atomic E-state index is 12.8. The lowest BCUT2D eigenvalue weighted by Gasteiger charge is -2.31. The van der Waals surface area contributed by atoms with Gasteiger partial charge in [0.05, 0.1) is 11.5 Å². The van der Waals surface area contributed by atoms with Crippen molar-refractivity contribution in [3.8, 4) is 5.75 Å². The Hall–Kier alpha value is -2.42. The van der Waals surface area contributed by atoms with E-state index < -0.39 is 10.0 Å². The first-order chi connectivity index (χ1) is 13.9. The molecule has 0 bridgehead atoms. The average molecular weight is 418 g/mol. The second-order valence-corrected chi connectivity index (χ2v) is 9.00. The van der Waals surface area contributed by atoms with Gasteiger partial charge in [-0.25, -0.2) is 8.42 Å². The number of likely N-dealkylation sites (N-methyl/N-ethyl adjacent to an activating group) is 1. The number of carbonyl (C=O) groups excluding carboxylic acids is 1. The van der Waals surface area contributed by atoms with Crippen molar-refractivity contribution in [1.29, 1.82) is 0 Å². The van der Waals surface area contributed by atoms with E-state index in [0.29, 0.717) is 49.8 Å². The third-order valence-corrected chi connectivity index (χ3v) is 6.69. The Labute approximate surface area is 172 Å². The molecule has 0 radical (unpaired) electrons. The van der Waals surface area contributed by atoms with Crippen LogP contribution in [0.5, 0.6) is 5.75 Å². The number of piperazine rings is 1. The van der Waals surface area contributed by atoms with E-state index in [1.165, 1.54) is 16.4 Å². The van der Waals surface area contributed by atoms with E-state index in [-0.39, 0.29) is 10.8 Å². The van der Waals surface area contributed by atoms with Crippen LogP contribution < -0.4 is 10.1 Å². The maximum absolute atomic E-state index is 12.8. The van der Waals surface area contributed by atoms with E-state index in [1.54, 1.807) is 30.3 Å². The van der Waals surface area contributed by atoms with Gasteiger partial charge in [0.25, 0.3) is 5.91 Å². The van der Waals surface area contributed by atoms with Crippen LogP contribution in [0.4, 0.5) is 5.69 Å². The molecule has 2 aromatic carbocycles. The standard InChI is InChI=1S/C21H27N3O4S/c1-3-15-28-19-6-4-5-17(16-19)21(25)22-18-7-9-20(10-8-18)29(26,27)24-13-11-23(2)12-14-24/h4-10,16H,3,11-15H2,1-2H3,(H,22,25). The number of ether oxygens (including phenoxy) is 1. The first-order valence-electron chi connectivity index (χ1n) is 9.73. The molecule has 0 aliphatic carbocycles. The molecule has 1 heterocycles. The summed E-state index contributed by atoms with van der Waals surface area (Å²) in [7, 11) is -1.54. The van der Waals surface area contributed by atoms with Crippen LogP contribution in [0.2, 0.25) is 0 Å². The summed E-state index contributed by atoms with van der Waals surface area (Å²) in [5, 5.41) is 2.80. The predicted octanol–water partition coefficient (Wildman–Crippen LogP) is 2.66. The summed E-state index contributed by atoms with van der Waals surface area (Å²) in [5.74, 6) is 0.370. The normalized spacial score (nSPS) is 15.8. The van der Waals surface area contributed by atoms with Gasteiger partial charge in [-0.2, -0.15) is 4.31 Å². The van der Waals surface area contributed by atoms with Crippen LogP contribution in [0.1, 0.15) is 23.7 Å². The topological polar surface area (TPSA) is 78.9 Å². The molecule has 1 saturated heterocycles. The molecule has 0 saturated carbocycles. The highest BCUT2D eigenvalue weighted by atomic mass is 32.2. The molecule has 29 heavy (non-hydrogen) atoms. The highest BCUT2D eigenvalue weighted by molar-refractivity contribution is 7.89. The summed E-state index contributed by atoms with van der Waals surface area (Å²) < 4.78 is 32.6. The number of nitrogens with zero attached hydrogens (tertiary/aromatic N) is 2. The molecule has 156 valence electrons. The minimum absolute atomic E-state index is 0.231. The summed E-state index contributed by atoms with van der Waals surface area (Å²) >= 11 is 0. The van der Waals surface area contributed by atoms with Gasteiger partial charge >= 0.3 is 0 Å². The Kier molecular flexibility index (Phi) is 6.89. The molecule has 0 spiro atoms. The predicted molar refractivity (Wildman–Crippen MR) is 113 cm³/mol. The van der Waals surface area contributed by atoms with Crippen LogP contribution in [-0.4, -0.2) is 63.4 Å². The first-order valence-corrected chi connectivity index (χ1v) is 11.2. The van der Waals surface area contributed by atoms with Gasteiger partial charge in [-0.3, -0.25) is 4.79 Å². The number of amides is 1. The molecular formula is C21H27N3O4S. The van der Waals surface area contributed by atoms with Gasteiger partial charge in [0, 0.05) is 37.4 Å². The fraction of sp³-hybridized carbons (Fsp3) is 0.381. The van der Waals surface area contributed by atoms with Gasteiger partial charge in [0.15, 0.2) is 0 Å². The smallest absolute Gasteiger partial charge is 0.255 e. The summed E-state index contributed by atoms with van der Waals surface area (Å²) in [6.45, 7) is 5.00. The van der Waals surface area contributed by atoms with Crippen LogP contribution in [0.25, 0.3) is 0 Å². The fourth-order valence-electron chi connectivity index (χ4n) is 3.04.